The highest BCUT2D eigenvalue weighted by atomic mass is 35.5. The van der Waals surface area contributed by atoms with Crippen LogP contribution in [0.4, 0.5) is 5.69 Å². The molecule has 2 N–H and O–H groups in total. The van der Waals surface area contributed by atoms with Crippen molar-refractivity contribution < 1.29 is 13.2 Å². The van der Waals surface area contributed by atoms with E-state index in [1.54, 1.807) is 0 Å². The highest BCUT2D eigenvalue weighted by molar-refractivity contribution is 7.92. The molecule has 0 fully saturated rings. The van der Waals surface area contributed by atoms with E-state index < -0.39 is 21.5 Å². The van der Waals surface area contributed by atoms with Gasteiger partial charge < -0.3 is 10.3 Å². The summed E-state index contributed by atoms with van der Waals surface area (Å²) in [4.78, 5) is 17.8. The van der Waals surface area contributed by atoms with Gasteiger partial charge in [-0.3, -0.25) is 4.79 Å². The Kier molecular flexibility index (Phi) is 4.32. The first-order valence-electron chi connectivity index (χ1n) is 5.35. The van der Waals surface area contributed by atoms with Crippen LogP contribution in [0.15, 0.2) is 35.7 Å². The lowest BCUT2D eigenvalue weighted by atomic mass is 10.3. The SMILES string of the molecule is O=C(CS(=O)(=O)c1ncc[nH]1)Nc1ccc(Cl)c(Cl)c1. The van der Waals surface area contributed by atoms with Crippen LogP contribution in [-0.2, 0) is 14.6 Å². The van der Waals surface area contributed by atoms with Crippen LogP contribution < -0.4 is 5.32 Å². The summed E-state index contributed by atoms with van der Waals surface area (Å²) in [6.45, 7) is 0. The number of aromatic nitrogens is 2. The molecule has 106 valence electrons. The fraction of sp³-hybridized carbons (Fsp3) is 0.0909. The van der Waals surface area contributed by atoms with Gasteiger partial charge in [-0.15, -0.1) is 0 Å². The molecular formula is C11H9Cl2N3O3S. The van der Waals surface area contributed by atoms with E-state index in [2.05, 4.69) is 15.3 Å². The summed E-state index contributed by atoms with van der Waals surface area (Å²) in [6.07, 6.45) is 2.66. The first-order chi connectivity index (χ1) is 9.38. The smallest absolute Gasteiger partial charge is 0.240 e. The maximum Gasteiger partial charge on any atom is 0.240 e. The van der Waals surface area contributed by atoms with E-state index in [0.29, 0.717) is 10.7 Å². The number of nitrogens with one attached hydrogen (secondary N) is 2. The fourth-order valence-corrected chi connectivity index (χ4v) is 2.75. The molecule has 0 radical (unpaired) electrons. The number of hydrogen-bond acceptors (Lipinski definition) is 4. The number of imidazole rings is 1. The number of anilines is 1. The first kappa shape index (κ1) is 14.8. The Morgan fingerprint density at radius 3 is 2.65 bits per heavy atom. The van der Waals surface area contributed by atoms with E-state index in [1.165, 1.54) is 30.6 Å². The van der Waals surface area contributed by atoms with Gasteiger partial charge in [-0.25, -0.2) is 13.4 Å². The van der Waals surface area contributed by atoms with Crippen molar-refractivity contribution in [1.82, 2.24) is 9.97 Å². The van der Waals surface area contributed by atoms with Crippen molar-refractivity contribution in [1.29, 1.82) is 0 Å². The summed E-state index contributed by atoms with van der Waals surface area (Å²) < 4.78 is 23.6. The monoisotopic (exact) mass is 333 g/mol. The number of amides is 1. The van der Waals surface area contributed by atoms with Crippen LogP contribution in [-0.4, -0.2) is 30.0 Å². The van der Waals surface area contributed by atoms with Gasteiger partial charge in [-0.05, 0) is 18.2 Å². The Balaban J connectivity index is 2.08. The first-order valence-corrected chi connectivity index (χ1v) is 7.76. The molecule has 0 atom stereocenters. The molecule has 1 heterocycles. The average Bonchev–Trinajstić information content (AvgIpc) is 2.87. The number of H-pyrrole nitrogens is 1. The maximum atomic E-state index is 11.8. The van der Waals surface area contributed by atoms with Crippen LogP contribution >= 0.6 is 23.2 Å². The van der Waals surface area contributed by atoms with Crippen molar-refractivity contribution in [2.24, 2.45) is 0 Å². The summed E-state index contributed by atoms with van der Waals surface area (Å²) in [6, 6.07) is 4.45. The van der Waals surface area contributed by atoms with Crippen molar-refractivity contribution in [3.63, 3.8) is 0 Å². The topological polar surface area (TPSA) is 91.9 Å². The number of halogens is 2. The summed E-state index contributed by atoms with van der Waals surface area (Å²) in [7, 11) is -3.79. The Labute approximate surface area is 125 Å². The Bertz CT molecular complexity index is 729. The predicted molar refractivity (Wildman–Crippen MR) is 75.7 cm³/mol. The third-order valence-corrected chi connectivity index (χ3v) is 4.49. The molecule has 0 aliphatic rings. The third kappa shape index (κ3) is 3.50. The van der Waals surface area contributed by atoms with Crippen molar-refractivity contribution in [2.45, 2.75) is 5.16 Å². The normalized spacial score (nSPS) is 11.3. The quantitative estimate of drug-likeness (QED) is 0.896. The van der Waals surface area contributed by atoms with Crippen molar-refractivity contribution in [3.8, 4) is 0 Å². The van der Waals surface area contributed by atoms with Crippen molar-refractivity contribution in [2.75, 3.05) is 11.1 Å². The Morgan fingerprint density at radius 1 is 1.30 bits per heavy atom. The number of hydrogen-bond donors (Lipinski definition) is 2. The standard InChI is InChI=1S/C11H9Cl2N3O3S/c12-8-2-1-7(5-9(8)13)16-10(17)6-20(18,19)11-14-3-4-15-11/h1-5H,6H2,(H,14,15)(H,16,17). The molecule has 20 heavy (non-hydrogen) atoms. The zero-order chi connectivity index (χ0) is 14.8. The molecule has 9 heteroatoms. The molecule has 0 spiro atoms. The molecular weight excluding hydrogens is 325 g/mol. The fourth-order valence-electron chi connectivity index (χ4n) is 1.43. The van der Waals surface area contributed by atoms with Crippen LogP contribution in [0.5, 0.6) is 0 Å². The highest BCUT2D eigenvalue weighted by Gasteiger charge is 2.21. The van der Waals surface area contributed by atoms with Crippen LogP contribution in [0.2, 0.25) is 10.0 Å². The van der Waals surface area contributed by atoms with E-state index in [1.807, 2.05) is 0 Å². The van der Waals surface area contributed by atoms with E-state index in [-0.39, 0.29) is 10.2 Å². The lowest BCUT2D eigenvalue weighted by Gasteiger charge is -2.06. The van der Waals surface area contributed by atoms with Gasteiger partial charge in [-0.2, -0.15) is 0 Å². The minimum atomic E-state index is -3.79. The minimum absolute atomic E-state index is 0.248. The van der Waals surface area contributed by atoms with Crippen LogP contribution in [0.1, 0.15) is 0 Å². The number of carbonyl (C=O) groups excluding carboxylic acids is 1. The Morgan fingerprint density at radius 2 is 2.05 bits per heavy atom. The molecule has 1 aromatic carbocycles. The lowest BCUT2D eigenvalue weighted by Crippen LogP contribution is -2.23. The van der Waals surface area contributed by atoms with Crippen LogP contribution in [0, 0.1) is 0 Å². The number of aromatic amines is 1. The van der Waals surface area contributed by atoms with Gasteiger partial charge >= 0.3 is 0 Å². The molecule has 0 saturated carbocycles. The highest BCUT2D eigenvalue weighted by Crippen LogP contribution is 2.25. The molecule has 2 aromatic rings. The molecule has 0 unspecified atom stereocenters. The maximum absolute atomic E-state index is 11.8. The zero-order valence-corrected chi connectivity index (χ0v) is 12.3. The van der Waals surface area contributed by atoms with Crippen LogP contribution in [0.3, 0.4) is 0 Å². The molecule has 0 saturated heterocycles. The second-order valence-electron chi connectivity index (χ2n) is 3.83. The molecule has 0 bridgehead atoms. The average molecular weight is 334 g/mol. The van der Waals surface area contributed by atoms with E-state index in [0.717, 1.165) is 0 Å². The second-order valence-corrected chi connectivity index (χ2v) is 6.55. The zero-order valence-electron chi connectivity index (χ0n) is 9.93. The van der Waals surface area contributed by atoms with Gasteiger partial charge in [0.05, 0.1) is 10.0 Å². The second kappa shape index (κ2) is 5.82. The number of sulfone groups is 1. The van der Waals surface area contributed by atoms with Gasteiger partial charge in [0.25, 0.3) is 0 Å². The third-order valence-electron chi connectivity index (χ3n) is 2.29. The number of rotatable bonds is 4. The number of carbonyl (C=O) groups is 1. The van der Waals surface area contributed by atoms with Gasteiger partial charge in [0.1, 0.15) is 5.75 Å². The summed E-state index contributed by atoms with van der Waals surface area (Å²) in [5, 5.41) is 2.78. The van der Waals surface area contributed by atoms with Crippen molar-refractivity contribution in [3.05, 3.63) is 40.6 Å². The van der Waals surface area contributed by atoms with Crippen LogP contribution in [0.25, 0.3) is 0 Å². The number of nitrogens with zero attached hydrogens (tertiary/aromatic N) is 1. The number of benzene rings is 1. The van der Waals surface area contributed by atoms with Gasteiger partial charge in [0.2, 0.25) is 20.9 Å². The lowest BCUT2D eigenvalue weighted by molar-refractivity contribution is -0.113. The summed E-state index contributed by atoms with van der Waals surface area (Å²) in [5.74, 6) is -1.42. The minimum Gasteiger partial charge on any atom is -0.336 e. The van der Waals surface area contributed by atoms with E-state index >= 15 is 0 Å². The molecule has 0 aliphatic carbocycles. The summed E-state index contributed by atoms with van der Waals surface area (Å²) in [5.41, 5.74) is 0.360. The van der Waals surface area contributed by atoms with Gasteiger partial charge in [-0.1, -0.05) is 23.2 Å². The largest absolute Gasteiger partial charge is 0.336 e. The molecule has 6 nitrogen and oxygen atoms in total. The molecule has 1 amide bonds. The van der Waals surface area contributed by atoms with Crippen molar-refractivity contribution >= 4 is 44.6 Å². The predicted octanol–water partition coefficient (Wildman–Crippen LogP) is 2.13. The summed E-state index contributed by atoms with van der Waals surface area (Å²) >= 11 is 11.5. The Hall–Kier alpha value is -1.57. The van der Waals surface area contributed by atoms with Gasteiger partial charge in [0, 0.05) is 18.1 Å². The molecule has 2 rings (SSSR count). The molecule has 0 aliphatic heterocycles. The molecule has 1 aromatic heterocycles. The van der Waals surface area contributed by atoms with E-state index in [9.17, 15) is 13.2 Å². The van der Waals surface area contributed by atoms with E-state index in [4.69, 9.17) is 23.2 Å². The van der Waals surface area contributed by atoms with Gasteiger partial charge in [0.15, 0.2) is 0 Å².